The maximum Gasteiger partial charge on any atom is 0.341 e. The number of carbonyl (C=O) groups is 1. The number of carbonyl (C=O) groups excluding carboxylic acids is 1. The monoisotopic (exact) mass is 444 g/mol. The summed E-state index contributed by atoms with van der Waals surface area (Å²) >= 11 is 0. The van der Waals surface area contributed by atoms with Gasteiger partial charge in [0, 0.05) is 5.56 Å². The van der Waals surface area contributed by atoms with Crippen LogP contribution in [-0.4, -0.2) is 18.9 Å². The SMILES string of the molecule is O=C(OC(c1ccccc1)S(=O)(=O)O)c1c(-c2ccccc2)cccc1-c1ccccc1. The first kappa shape index (κ1) is 21.5. The van der Waals surface area contributed by atoms with Gasteiger partial charge < -0.3 is 4.74 Å². The van der Waals surface area contributed by atoms with Gasteiger partial charge in [-0.15, -0.1) is 0 Å². The minimum atomic E-state index is -4.72. The molecule has 0 saturated heterocycles. The van der Waals surface area contributed by atoms with Crippen LogP contribution in [0.5, 0.6) is 0 Å². The van der Waals surface area contributed by atoms with Crippen molar-refractivity contribution in [3.05, 3.63) is 120 Å². The first-order chi connectivity index (χ1) is 15.4. The van der Waals surface area contributed by atoms with Crippen LogP contribution in [0, 0.1) is 0 Å². The lowest BCUT2D eigenvalue weighted by Crippen LogP contribution is -2.20. The van der Waals surface area contributed by atoms with Gasteiger partial charge in [-0.05, 0) is 22.3 Å². The van der Waals surface area contributed by atoms with E-state index in [2.05, 4.69) is 0 Å². The third kappa shape index (κ3) is 4.61. The van der Waals surface area contributed by atoms with Gasteiger partial charge in [0.2, 0.25) is 0 Å². The van der Waals surface area contributed by atoms with Crippen molar-refractivity contribution in [1.29, 1.82) is 0 Å². The summed E-state index contributed by atoms with van der Waals surface area (Å²) < 4.78 is 39.4. The fourth-order valence-corrected chi connectivity index (χ4v) is 4.27. The molecule has 0 bridgehead atoms. The Kier molecular flexibility index (Phi) is 6.16. The Hall–Kier alpha value is -3.74. The molecular formula is C26H20O5S. The second kappa shape index (κ2) is 9.18. The van der Waals surface area contributed by atoms with Gasteiger partial charge in [-0.25, -0.2) is 4.79 Å². The number of ether oxygens (including phenoxy) is 1. The second-order valence-corrected chi connectivity index (χ2v) is 8.58. The number of benzene rings is 4. The van der Waals surface area contributed by atoms with Gasteiger partial charge in [0.25, 0.3) is 5.44 Å². The maximum atomic E-state index is 13.5. The predicted molar refractivity (Wildman–Crippen MR) is 123 cm³/mol. The van der Waals surface area contributed by atoms with Crippen molar-refractivity contribution in [2.24, 2.45) is 0 Å². The van der Waals surface area contributed by atoms with E-state index in [9.17, 15) is 17.8 Å². The Balaban J connectivity index is 1.86. The van der Waals surface area contributed by atoms with Crippen LogP contribution in [0.2, 0.25) is 0 Å². The summed E-state index contributed by atoms with van der Waals surface area (Å²) in [5.41, 5.74) is 1.28. The summed E-state index contributed by atoms with van der Waals surface area (Å²) in [7, 11) is -4.72. The highest BCUT2D eigenvalue weighted by atomic mass is 32.2. The van der Waals surface area contributed by atoms with Crippen molar-refractivity contribution in [3.8, 4) is 22.3 Å². The molecule has 1 atom stereocenters. The van der Waals surface area contributed by atoms with Crippen LogP contribution in [0.4, 0.5) is 0 Å². The van der Waals surface area contributed by atoms with Crippen LogP contribution in [0.15, 0.2) is 109 Å². The van der Waals surface area contributed by atoms with Crippen molar-refractivity contribution in [2.75, 3.05) is 0 Å². The van der Waals surface area contributed by atoms with E-state index in [0.717, 1.165) is 11.1 Å². The minimum Gasteiger partial charge on any atom is -0.435 e. The van der Waals surface area contributed by atoms with Gasteiger partial charge in [-0.1, -0.05) is 109 Å². The number of esters is 1. The zero-order valence-corrected chi connectivity index (χ0v) is 17.8. The van der Waals surface area contributed by atoms with Gasteiger partial charge in [0.05, 0.1) is 5.56 Å². The lowest BCUT2D eigenvalue weighted by molar-refractivity contribution is 0.0429. The quantitative estimate of drug-likeness (QED) is 0.302. The van der Waals surface area contributed by atoms with Crippen molar-refractivity contribution < 1.29 is 22.5 Å². The van der Waals surface area contributed by atoms with Gasteiger partial charge in [-0.2, -0.15) is 8.42 Å². The second-order valence-electron chi connectivity index (χ2n) is 7.12. The topological polar surface area (TPSA) is 80.7 Å². The smallest absolute Gasteiger partial charge is 0.341 e. The molecule has 5 nitrogen and oxygen atoms in total. The Morgan fingerprint density at radius 1 is 0.656 bits per heavy atom. The van der Waals surface area contributed by atoms with Gasteiger partial charge >= 0.3 is 16.1 Å². The third-order valence-electron chi connectivity index (χ3n) is 4.99. The predicted octanol–water partition coefficient (Wildman–Crippen LogP) is 5.76. The first-order valence-electron chi connectivity index (χ1n) is 9.91. The molecule has 0 aliphatic rings. The molecule has 4 rings (SSSR count). The van der Waals surface area contributed by atoms with E-state index >= 15 is 0 Å². The molecule has 0 heterocycles. The fourth-order valence-electron chi connectivity index (χ4n) is 3.56. The van der Waals surface area contributed by atoms with E-state index in [1.165, 1.54) is 12.1 Å². The zero-order chi connectivity index (χ0) is 22.6. The van der Waals surface area contributed by atoms with Crippen LogP contribution >= 0.6 is 0 Å². The van der Waals surface area contributed by atoms with E-state index in [1.807, 2.05) is 66.7 Å². The Labute approximate surface area is 186 Å². The Morgan fingerprint density at radius 2 is 1.09 bits per heavy atom. The van der Waals surface area contributed by atoms with Crippen LogP contribution in [-0.2, 0) is 14.9 Å². The summed E-state index contributed by atoms with van der Waals surface area (Å²) in [6.45, 7) is 0. The van der Waals surface area contributed by atoms with Crippen LogP contribution in [0.3, 0.4) is 0 Å². The van der Waals surface area contributed by atoms with E-state index in [-0.39, 0.29) is 11.1 Å². The molecule has 0 aliphatic heterocycles. The number of rotatable bonds is 6. The summed E-state index contributed by atoms with van der Waals surface area (Å²) in [4.78, 5) is 13.5. The average Bonchev–Trinajstić information content (AvgIpc) is 2.83. The molecule has 0 saturated carbocycles. The largest absolute Gasteiger partial charge is 0.435 e. The fraction of sp³-hybridized carbons (Fsp3) is 0.0385. The molecule has 0 radical (unpaired) electrons. The number of hydrogen-bond donors (Lipinski definition) is 1. The normalized spacial score (nSPS) is 12.2. The summed E-state index contributed by atoms with van der Waals surface area (Å²) in [5.74, 6) is -0.852. The molecule has 1 N–H and O–H groups in total. The highest BCUT2D eigenvalue weighted by molar-refractivity contribution is 7.85. The van der Waals surface area contributed by atoms with Crippen molar-refractivity contribution in [2.45, 2.75) is 5.44 Å². The average molecular weight is 445 g/mol. The zero-order valence-electron chi connectivity index (χ0n) is 17.0. The van der Waals surface area contributed by atoms with E-state index in [4.69, 9.17) is 4.74 Å². The molecule has 0 aromatic heterocycles. The molecule has 160 valence electrons. The molecule has 1 unspecified atom stereocenters. The van der Waals surface area contributed by atoms with E-state index in [0.29, 0.717) is 11.1 Å². The summed E-state index contributed by atoms with van der Waals surface area (Å²) in [6, 6.07) is 31.8. The van der Waals surface area contributed by atoms with E-state index < -0.39 is 21.5 Å². The minimum absolute atomic E-state index is 0.154. The van der Waals surface area contributed by atoms with Crippen LogP contribution in [0.1, 0.15) is 21.4 Å². The Bertz CT molecular complexity index is 1260. The molecule has 32 heavy (non-hydrogen) atoms. The highest BCUT2D eigenvalue weighted by Crippen LogP contribution is 2.35. The van der Waals surface area contributed by atoms with Crippen LogP contribution < -0.4 is 0 Å². The van der Waals surface area contributed by atoms with Crippen molar-refractivity contribution in [3.63, 3.8) is 0 Å². The summed E-state index contributed by atoms with van der Waals surface area (Å²) in [5, 5.41) is 0. The maximum absolute atomic E-state index is 13.5. The standard InChI is InChI=1S/C26H20O5S/c27-25(31-26(32(28,29)30)21-15-8-3-9-16-21)24-22(19-11-4-1-5-12-19)17-10-18-23(24)20-13-6-2-7-14-20/h1-18,26H,(H,28,29,30). The van der Waals surface area contributed by atoms with Gasteiger partial charge in [0.1, 0.15) is 0 Å². The van der Waals surface area contributed by atoms with E-state index in [1.54, 1.807) is 30.3 Å². The third-order valence-corrected chi connectivity index (χ3v) is 5.90. The van der Waals surface area contributed by atoms with Crippen molar-refractivity contribution in [1.82, 2.24) is 0 Å². The van der Waals surface area contributed by atoms with Gasteiger partial charge in [0.15, 0.2) is 0 Å². The number of hydrogen-bond acceptors (Lipinski definition) is 4. The molecular weight excluding hydrogens is 424 g/mol. The lowest BCUT2D eigenvalue weighted by atomic mass is 9.92. The molecule has 4 aromatic rings. The van der Waals surface area contributed by atoms with Crippen molar-refractivity contribution >= 4 is 16.1 Å². The molecule has 0 fully saturated rings. The lowest BCUT2D eigenvalue weighted by Gasteiger charge is -2.19. The summed E-state index contributed by atoms with van der Waals surface area (Å²) in [6.07, 6.45) is 0. The molecule has 6 heteroatoms. The first-order valence-corrected chi connectivity index (χ1v) is 11.4. The molecule has 0 amide bonds. The molecule has 0 aliphatic carbocycles. The molecule has 4 aromatic carbocycles. The van der Waals surface area contributed by atoms with Crippen LogP contribution in [0.25, 0.3) is 22.3 Å². The Morgan fingerprint density at radius 3 is 1.53 bits per heavy atom. The molecule has 0 spiro atoms. The highest BCUT2D eigenvalue weighted by Gasteiger charge is 2.31. The van der Waals surface area contributed by atoms with Gasteiger partial charge in [-0.3, -0.25) is 4.55 Å².